The zero-order chi connectivity index (χ0) is 9.42. The van der Waals surface area contributed by atoms with Gasteiger partial charge in [-0.1, -0.05) is 6.07 Å². The van der Waals surface area contributed by atoms with Crippen LogP contribution in [0.1, 0.15) is 16.8 Å². The quantitative estimate of drug-likeness (QED) is 0.648. The number of hydrogen-bond acceptors (Lipinski definition) is 1. The van der Waals surface area contributed by atoms with E-state index < -0.39 is 0 Å². The van der Waals surface area contributed by atoms with Crippen molar-refractivity contribution in [2.45, 2.75) is 13.8 Å². The summed E-state index contributed by atoms with van der Waals surface area (Å²) in [5.74, 6) is 0. The second-order valence-corrected chi connectivity index (χ2v) is 3.26. The van der Waals surface area contributed by atoms with E-state index >= 15 is 0 Å². The monoisotopic (exact) mass is 170 g/mol. The lowest BCUT2D eigenvalue weighted by Gasteiger charge is -1.99. The maximum Gasteiger partial charge on any atom is 0.118 e. The van der Waals surface area contributed by atoms with Gasteiger partial charge in [-0.15, -0.1) is 0 Å². The minimum atomic E-state index is 0.628. The molecule has 1 aromatic heterocycles. The molecule has 1 aromatic carbocycles. The minimum Gasteiger partial charge on any atom is -0.346 e. The van der Waals surface area contributed by atoms with Gasteiger partial charge in [0.2, 0.25) is 0 Å². The van der Waals surface area contributed by atoms with Gasteiger partial charge in [-0.2, -0.15) is 5.26 Å². The molecular weight excluding hydrogens is 160 g/mol. The molecular formula is C11H10N2. The maximum absolute atomic E-state index is 8.72. The fourth-order valence-corrected chi connectivity index (χ4v) is 1.52. The normalized spacial score (nSPS) is 10.2. The van der Waals surface area contributed by atoms with Gasteiger partial charge < -0.3 is 4.98 Å². The molecule has 1 heterocycles. The minimum absolute atomic E-state index is 0.628. The van der Waals surface area contributed by atoms with Crippen LogP contribution in [0.25, 0.3) is 10.9 Å². The summed E-state index contributed by atoms with van der Waals surface area (Å²) < 4.78 is 0. The predicted octanol–water partition coefficient (Wildman–Crippen LogP) is 2.66. The molecule has 64 valence electrons. The van der Waals surface area contributed by atoms with Gasteiger partial charge in [0.15, 0.2) is 0 Å². The Hall–Kier alpha value is -1.75. The summed E-state index contributed by atoms with van der Waals surface area (Å²) in [4.78, 5) is 3.05. The highest BCUT2D eigenvalue weighted by Crippen LogP contribution is 2.21. The maximum atomic E-state index is 8.72. The number of nitriles is 1. The van der Waals surface area contributed by atoms with E-state index in [0.29, 0.717) is 5.69 Å². The van der Waals surface area contributed by atoms with Crippen molar-refractivity contribution in [3.63, 3.8) is 0 Å². The number of nitrogens with zero attached hydrogens (tertiary/aromatic N) is 1. The molecule has 0 amide bonds. The molecule has 0 aliphatic heterocycles. The molecule has 2 nitrogen and oxygen atoms in total. The molecule has 0 saturated carbocycles. The van der Waals surface area contributed by atoms with Crippen molar-refractivity contribution in [1.29, 1.82) is 5.26 Å². The number of aromatic amines is 1. The van der Waals surface area contributed by atoms with Crippen LogP contribution in [-0.2, 0) is 0 Å². The Morgan fingerprint density at radius 2 is 2.08 bits per heavy atom. The Labute approximate surface area is 76.8 Å². The Kier molecular flexibility index (Phi) is 1.60. The molecule has 2 aromatic rings. The van der Waals surface area contributed by atoms with E-state index in [1.54, 1.807) is 0 Å². The number of fused-ring (bicyclic) bond motifs is 1. The van der Waals surface area contributed by atoms with E-state index in [4.69, 9.17) is 5.26 Å². The van der Waals surface area contributed by atoms with E-state index in [1.807, 2.05) is 12.1 Å². The van der Waals surface area contributed by atoms with E-state index in [9.17, 15) is 0 Å². The van der Waals surface area contributed by atoms with E-state index in [2.05, 4.69) is 31.0 Å². The first kappa shape index (κ1) is 7.88. The molecule has 0 radical (unpaired) electrons. The summed E-state index contributed by atoms with van der Waals surface area (Å²) in [6, 6.07) is 8.09. The first-order chi connectivity index (χ1) is 6.22. The van der Waals surface area contributed by atoms with Crippen molar-refractivity contribution < 1.29 is 0 Å². The molecule has 0 aliphatic carbocycles. The first-order valence-electron chi connectivity index (χ1n) is 4.21. The predicted molar refractivity (Wildman–Crippen MR) is 52.5 cm³/mol. The van der Waals surface area contributed by atoms with Crippen LogP contribution >= 0.6 is 0 Å². The average Bonchev–Trinajstić information content (AvgIpc) is 2.55. The summed E-state index contributed by atoms with van der Waals surface area (Å²) >= 11 is 0. The fourth-order valence-electron chi connectivity index (χ4n) is 1.52. The van der Waals surface area contributed by atoms with Crippen molar-refractivity contribution >= 4 is 10.9 Å². The molecule has 0 spiro atoms. The van der Waals surface area contributed by atoms with Gasteiger partial charge in [0.1, 0.15) is 11.8 Å². The van der Waals surface area contributed by atoms with Crippen molar-refractivity contribution in [3.8, 4) is 6.07 Å². The van der Waals surface area contributed by atoms with Crippen LogP contribution < -0.4 is 0 Å². The Bertz CT molecular complexity index is 501. The fraction of sp³-hybridized carbons (Fsp3) is 0.182. The highest BCUT2D eigenvalue weighted by Gasteiger charge is 2.03. The lowest BCUT2D eigenvalue weighted by molar-refractivity contribution is 1.36. The Morgan fingerprint density at radius 1 is 1.31 bits per heavy atom. The molecule has 0 unspecified atom stereocenters. The molecule has 0 aliphatic rings. The van der Waals surface area contributed by atoms with Gasteiger partial charge in [-0.25, -0.2) is 0 Å². The highest BCUT2D eigenvalue weighted by molar-refractivity contribution is 5.85. The van der Waals surface area contributed by atoms with Gasteiger partial charge in [-0.05, 0) is 37.1 Å². The molecule has 2 rings (SSSR count). The van der Waals surface area contributed by atoms with Crippen LogP contribution in [0.3, 0.4) is 0 Å². The number of H-pyrrole nitrogens is 1. The number of nitrogens with one attached hydrogen (secondary N) is 1. The number of rotatable bonds is 0. The van der Waals surface area contributed by atoms with E-state index in [-0.39, 0.29) is 0 Å². The van der Waals surface area contributed by atoms with Gasteiger partial charge in [-0.3, -0.25) is 0 Å². The lowest BCUT2D eigenvalue weighted by atomic mass is 10.1. The SMILES string of the molecule is Cc1ccc2[nH]c(C#N)cc2c1C. The molecule has 0 bridgehead atoms. The molecule has 2 heteroatoms. The number of aryl methyl sites for hydroxylation is 2. The molecule has 0 fully saturated rings. The summed E-state index contributed by atoms with van der Waals surface area (Å²) in [6.45, 7) is 4.15. The van der Waals surface area contributed by atoms with Crippen molar-refractivity contribution in [2.24, 2.45) is 0 Å². The van der Waals surface area contributed by atoms with E-state index in [0.717, 1.165) is 10.9 Å². The van der Waals surface area contributed by atoms with Gasteiger partial charge >= 0.3 is 0 Å². The van der Waals surface area contributed by atoms with Gasteiger partial charge in [0.05, 0.1) is 0 Å². The summed E-state index contributed by atoms with van der Waals surface area (Å²) in [5.41, 5.74) is 4.18. The van der Waals surface area contributed by atoms with E-state index in [1.165, 1.54) is 11.1 Å². The van der Waals surface area contributed by atoms with Crippen LogP contribution in [0.5, 0.6) is 0 Å². The van der Waals surface area contributed by atoms with Crippen molar-refractivity contribution in [3.05, 3.63) is 35.0 Å². The standard InChI is InChI=1S/C11H10N2/c1-7-3-4-11-10(8(7)2)5-9(6-12)13-11/h3-5,13H,1-2H3. The van der Waals surface area contributed by atoms with Gasteiger partial charge in [0, 0.05) is 10.9 Å². The zero-order valence-corrected chi connectivity index (χ0v) is 7.68. The van der Waals surface area contributed by atoms with Crippen molar-refractivity contribution in [2.75, 3.05) is 0 Å². The first-order valence-corrected chi connectivity index (χ1v) is 4.21. The second-order valence-electron chi connectivity index (χ2n) is 3.26. The number of benzene rings is 1. The third-order valence-corrected chi connectivity index (χ3v) is 2.46. The van der Waals surface area contributed by atoms with Crippen LogP contribution in [0, 0.1) is 25.2 Å². The van der Waals surface area contributed by atoms with Crippen LogP contribution in [0.15, 0.2) is 18.2 Å². The third kappa shape index (κ3) is 1.09. The summed E-state index contributed by atoms with van der Waals surface area (Å²) in [5, 5.41) is 9.87. The number of hydrogen-bond donors (Lipinski definition) is 1. The lowest BCUT2D eigenvalue weighted by Crippen LogP contribution is -1.79. The average molecular weight is 170 g/mol. The zero-order valence-electron chi connectivity index (χ0n) is 7.68. The smallest absolute Gasteiger partial charge is 0.118 e. The topological polar surface area (TPSA) is 39.6 Å². The summed E-state index contributed by atoms with van der Waals surface area (Å²) in [7, 11) is 0. The van der Waals surface area contributed by atoms with Crippen molar-refractivity contribution in [1.82, 2.24) is 4.98 Å². The second kappa shape index (κ2) is 2.63. The van der Waals surface area contributed by atoms with Crippen LogP contribution in [0.2, 0.25) is 0 Å². The van der Waals surface area contributed by atoms with Gasteiger partial charge in [0.25, 0.3) is 0 Å². The Morgan fingerprint density at radius 3 is 2.77 bits per heavy atom. The largest absolute Gasteiger partial charge is 0.346 e. The number of aromatic nitrogens is 1. The molecule has 0 atom stereocenters. The third-order valence-electron chi connectivity index (χ3n) is 2.46. The highest BCUT2D eigenvalue weighted by atomic mass is 14.7. The molecule has 0 saturated heterocycles. The van der Waals surface area contributed by atoms with Crippen LogP contribution in [-0.4, -0.2) is 4.98 Å². The molecule has 13 heavy (non-hydrogen) atoms. The van der Waals surface area contributed by atoms with Crippen LogP contribution in [0.4, 0.5) is 0 Å². The Balaban J connectivity index is 2.86. The summed E-state index contributed by atoms with van der Waals surface area (Å²) in [6.07, 6.45) is 0. The molecule has 1 N–H and O–H groups in total.